The van der Waals surface area contributed by atoms with Crippen LogP contribution in [0.3, 0.4) is 0 Å². The number of aromatic amines is 1. The first-order chi connectivity index (χ1) is 8.67. The van der Waals surface area contributed by atoms with Crippen LogP contribution >= 0.6 is 0 Å². The van der Waals surface area contributed by atoms with Gasteiger partial charge in [-0.3, -0.25) is 4.79 Å². The zero-order chi connectivity index (χ0) is 12.6. The topological polar surface area (TPSA) is 56.9 Å². The highest BCUT2D eigenvalue weighted by atomic mass is 16.2. The lowest BCUT2D eigenvalue weighted by molar-refractivity contribution is -0.123. The van der Waals surface area contributed by atoms with Crippen LogP contribution < -0.4 is 10.6 Å². The molecule has 1 aromatic carbocycles. The normalized spacial score (nSPS) is 23.4. The lowest BCUT2D eigenvalue weighted by Gasteiger charge is -2.21. The second-order valence-corrected chi connectivity index (χ2v) is 5.22. The quantitative estimate of drug-likeness (QED) is 0.756. The first-order valence-electron chi connectivity index (χ1n) is 6.27. The smallest absolute Gasteiger partial charge is 0.231 e. The van der Waals surface area contributed by atoms with Crippen LogP contribution in [0.4, 0.5) is 5.69 Å². The molecule has 0 spiro atoms. The number of carbonyl (C=O) groups is 1. The van der Waals surface area contributed by atoms with Crippen LogP contribution in [0.2, 0.25) is 0 Å². The summed E-state index contributed by atoms with van der Waals surface area (Å²) in [6.45, 7) is 3.68. The van der Waals surface area contributed by atoms with Gasteiger partial charge in [0, 0.05) is 29.3 Å². The molecule has 0 saturated carbocycles. The van der Waals surface area contributed by atoms with Crippen LogP contribution in [0.15, 0.2) is 30.5 Å². The molecule has 4 heteroatoms. The van der Waals surface area contributed by atoms with Gasteiger partial charge in [-0.15, -0.1) is 0 Å². The van der Waals surface area contributed by atoms with Gasteiger partial charge in [0.1, 0.15) is 0 Å². The fraction of sp³-hybridized carbons (Fsp3) is 0.357. The molecule has 0 bridgehead atoms. The molecule has 3 N–H and O–H groups in total. The lowest BCUT2D eigenvalue weighted by Crippen LogP contribution is -2.35. The minimum Gasteiger partial charge on any atom is -0.361 e. The van der Waals surface area contributed by atoms with Crippen LogP contribution in [0.1, 0.15) is 13.3 Å². The molecule has 1 unspecified atom stereocenters. The fourth-order valence-electron chi connectivity index (χ4n) is 2.42. The summed E-state index contributed by atoms with van der Waals surface area (Å²) in [7, 11) is 0. The lowest BCUT2D eigenvalue weighted by atomic mass is 9.89. The molecule has 1 atom stereocenters. The number of carbonyl (C=O) groups excluding carboxylic acids is 1. The maximum absolute atomic E-state index is 12.3. The Kier molecular flexibility index (Phi) is 2.59. The van der Waals surface area contributed by atoms with Crippen molar-refractivity contribution in [3.8, 4) is 0 Å². The first-order valence-corrected chi connectivity index (χ1v) is 6.27. The predicted octanol–water partition coefficient (Wildman–Crippen LogP) is 2.11. The van der Waals surface area contributed by atoms with E-state index in [4.69, 9.17) is 0 Å². The van der Waals surface area contributed by atoms with Crippen LogP contribution in [0, 0.1) is 5.41 Å². The van der Waals surface area contributed by atoms with E-state index in [0.717, 1.165) is 36.1 Å². The first kappa shape index (κ1) is 11.3. The number of aromatic nitrogens is 1. The highest BCUT2D eigenvalue weighted by Crippen LogP contribution is 2.27. The third-order valence-electron chi connectivity index (χ3n) is 3.73. The van der Waals surface area contributed by atoms with Gasteiger partial charge in [0.25, 0.3) is 0 Å². The Morgan fingerprint density at radius 2 is 2.28 bits per heavy atom. The zero-order valence-electron chi connectivity index (χ0n) is 10.4. The number of anilines is 1. The van der Waals surface area contributed by atoms with Gasteiger partial charge in [-0.1, -0.05) is 0 Å². The molecule has 94 valence electrons. The summed E-state index contributed by atoms with van der Waals surface area (Å²) < 4.78 is 0. The summed E-state index contributed by atoms with van der Waals surface area (Å²) in [5.74, 6) is 0.0994. The minimum atomic E-state index is -0.285. The van der Waals surface area contributed by atoms with Gasteiger partial charge in [0.05, 0.1) is 5.41 Å². The van der Waals surface area contributed by atoms with Crippen LogP contribution in [0.5, 0.6) is 0 Å². The monoisotopic (exact) mass is 243 g/mol. The number of fused-ring (bicyclic) bond motifs is 1. The average Bonchev–Trinajstić information content (AvgIpc) is 2.98. The van der Waals surface area contributed by atoms with E-state index in [0.29, 0.717) is 0 Å². The molecular weight excluding hydrogens is 226 g/mol. The number of amides is 1. The molecule has 1 saturated heterocycles. The summed E-state index contributed by atoms with van der Waals surface area (Å²) in [6, 6.07) is 7.92. The van der Waals surface area contributed by atoms with Crippen LogP contribution in [0.25, 0.3) is 10.9 Å². The maximum atomic E-state index is 12.3. The summed E-state index contributed by atoms with van der Waals surface area (Å²) in [5.41, 5.74) is 1.66. The Labute approximate surface area is 106 Å². The van der Waals surface area contributed by atoms with Crippen LogP contribution in [-0.2, 0) is 4.79 Å². The number of rotatable bonds is 2. The second-order valence-electron chi connectivity index (χ2n) is 5.22. The standard InChI is InChI=1S/C14H17N3O/c1-14(5-7-15-9-14)13(18)17-11-2-3-12-10(8-11)4-6-16-12/h2-4,6,8,15-16H,5,7,9H2,1H3,(H,17,18). The maximum Gasteiger partial charge on any atom is 0.231 e. The van der Waals surface area contributed by atoms with Crippen molar-refractivity contribution in [2.75, 3.05) is 18.4 Å². The van der Waals surface area contributed by atoms with Gasteiger partial charge in [-0.2, -0.15) is 0 Å². The van der Waals surface area contributed by atoms with Gasteiger partial charge in [0.2, 0.25) is 5.91 Å². The predicted molar refractivity (Wildman–Crippen MR) is 72.5 cm³/mol. The summed E-state index contributed by atoms with van der Waals surface area (Å²) >= 11 is 0. The molecule has 2 aromatic rings. The van der Waals surface area contributed by atoms with Crippen LogP contribution in [-0.4, -0.2) is 24.0 Å². The number of nitrogens with one attached hydrogen (secondary N) is 3. The van der Waals surface area contributed by atoms with E-state index >= 15 is 0 Å². The fourth-order valence-corrected chi connectivity index (χ4v) is 2.42. The van der Waals surface area contributed by atoms with E-state index in [1.54, 1.807) is 0 Å². The summed E-state index contributed by atoms with van der Waals surface area (Å²) in [4.78, 5) is 15.4. The molecule has 18 heavy (non-hydrogen) atoms. The van der Waals surface area contributed by atoms with Gasteiger partial charge >= 0.3 is 0 Å². The molecular formula is C14H17N3O. The molecule has 1 amide bonds. The molecule has 1 aliphatic rings. The number of hydrogen-bond donors (Lipinski definition) is 3. The molecule has 0 radical (unpaired) electrons. The van der Waals surface area contributed by atoms with E-state index in [9.17, 15) is 4.79 Å². The molecule has 2 heterocycles. The van der Waals surface area contributed by atoms with Crippen molar-refractivity contribution in [2.45, 2.75) is 13.3 Å². The van der Waals surface area contributed by atoms with Crippen molar-refractivity contribution < 1.29 is 4.79 Å². The van der Waals surface area contributed by atoms with Gasteiger partial charge in [-0.05, 0) is 44.2 Å². The molecule has 4 nitrogen and oxygen atoms in total. The molecule has 3 rings (SSSR count). The van der Waals surface area contributed by atoms with Crippen molar-refractivity contribution in [3.63, 3.8) is 0 Å². The molecule has 1 aromatic heterocycles. The second kappa shape index (κ2) is 4.14. The largest absolute Gasteiger partial charge is 0.361 e. The summed E-state index contributed by atoms with van der Waals surface area (Å²) in [6.07, 6.45) is 2.80. The van der Waals surface area contributed by atoms with Gasteiger partial charge in [0.15, 0.2) is 0 Å². The van der Waals surface area contributed by atoms with Gasteiger partial charge in [-0.25, -0.2) is 0 Å². The van der Waals surface area contributed by atoms with E-state index in [-0.39, 0.29) is 11.3 Å². The number of H-pyrrole nitrogens is 1. The van der Waals surface area contributed by atoms with Crippen molar-refractivity contribution >= 4 is 22.5 Å². The van der Waals surface area contributed by atoms with E-state index in [1.165, 1.54) is 0 Å². The third-order valence-corrected chi connectivity index (χ3v) is 3.73. The van der Waals surface area contributed by atoms with E-state index in [2.05, 4.69) is 15.6 Å². The Hall–Kier alpha value is -1.81. The highest BCUT2D eigenvalue weighted by Gasteiger charge is 2.36. The van der Waals surface area contributed by atoms with E-state index in [1.807, 2.05) is 37.4 Å². The highest BCUT2D eigenvalue weighted by molar-refractivity contribution is 5.97. The Bertz CT molecular complexity index is 581. The van der Waals surface area contributed by atoms with Crippen molar-refractivity contribution in [3.05, 3.63) is 30.5 Å². The zero-order valence-corrected chi connectivity index (χ0v) is 10.4. The van der Waals surface area contributed by atoms with Gasteiger partial charge < -0.3 is 15.6 Å². The van der Waals surface area contributed by atoms with E-state index < -0.39 is 0 Å². The van der Waals surface area contributed by atoms with Crippen molar-refractivity contribution in [2.24, 2.45) is 5.41 Å². The minimum absolute atomic E-state index is 0.0994. The SMILES string of the molecule is CC1(C(=O)Nc2ccc3[nH]ccc3c2)CCNC1. The number of benzene rings is 1. The van der Waals surface area contributed by atoms with Crippen molar-refractivity contribution in [1.29, 1.82) is 0 Å². The average molecular weight is 243 g/mol. The summed E-state index contributed by atoms with van der Waals surface area (Å²) in [5, 5.41) is 7.37. The van der Waals surface area contributed by atoms with Crippen molar-refractivity contribution in [1.82, 2.24) is 10.3 Å². The Morgan fingerprint density at radius 1 is 1.39 bits per heavy atom. The Balaban J connectivity index is 1.81. The molecule has 1 aliphatic heterocycles. The number of hydrogen-bond acceptors (Lipinski definition) is 2. The molecule has 1 fully saturated rings. The molecule has 0 aliphatic carbocycles. The Morgan fingerprint density at radius 3 is 3.06 bits per heavy atom. The third kappa shape index (κ3) is 1.88.